The smallest absolute Gasteiger partial charge is 0.293 e. The van der Waals surface area contributed by atoms with E-state index >= 15 is 0 Å². The zero-order valence-corrected chi connectivity index (χ0v) is 5.71. The molecule has 0 saturated heterocycles. The first kappa shape index (κ1) is 7.25. The van der Waals surface area contributed by atoms with Crippen LogP contribution in [-0.4, -0.2) is 18.4 Å². The van der Waals surface area contributed by atoms with E-state index in [-0.39, 0.29) is 11.9 Å². The van der Waals surface area contributed by atoms with Crippen molar-refractivity contribution in [2.75, 3.05) is 0 Å². The van der Waals surface area contributed by atoms with Crippen LogP contribution >= 0.6 is 0 Å². The molecule has 0 aliphatic heterocycles. The third-order valence-electron chi connectivity index (χ3n) is 1.69. The number of carbonyl (C=O) groups excluding carboxylic acids is 2. The average Bonchev–Trinajstić information content (AvgIpc) is 1.88. The van der Waals surface area contributed by atoms with Gasteiger partial charge in [0.1, 0.15) is 11.9 Å². The van der Waals surface area contributed by atoms with Crippen LogP contribution in [0.1, 0.15) is 25.7 Å². The molecule has 0 aromatic rings. The Morgan fingerprint density at radius 2 is 2.40 bits per heavy atom. The van der Waals surface area contributed by atoms with Gasteiger partial charge in [-0.2, -0.15) is 0 Å². The van der Waals surface area contributed by atoms with E-state index in [2.05, 4.69) is 4.74 Å². The topological polar surface area (TPSA) is 43.4 Å². The van der Waals surface area contributed by atoms with E-state index in [0.717, 1.165) is 12.8 Å². The monoisotopic (exact) mass is 142 g/mol. The first-order valence-corrected chi connectivity index (χ1v) is 3.43. The van der Waals surface area contributed by atoms with E-state index in [1.165, 1.54) is 0 Å². The fourth-order valence-electron chi connectivity index (χ4n) is 1.18. The molecular formula is C7H10O3. The second kappa shape index (κ2) is 3.34. The highest BCUT2D eigenvalue weighted by molar-refractivity contribution is 5.79. The predicted molar refractivity (Wildman–Crippen MR) is 34.4 cm³/mol. The van der Waals surface area contributed by atoms with E-state index in [0.29, 0.717) is 19.3 Å². The molecule has 1 saturated carbocycles. The quantitative estimate of drug-likeness (QED) is 0.532. The lowest BCUT2D eigenvalue weighted by atomic mass is 9.97. The van der Waals surface area contributed by atoms with Crippen molar-refractivity contribution in [3.8, 4) is 0 Å². The normalized spacial score (nSPS) is 26.0. The summed E-state index contributed by atoms with van der Waals surface area (Å²) in [5.74, 6) is 0.207. The molecule has 3 nitrogen and oxygen atoms in total. The molecule has 0 amide bonds. The fourth-order valence-corrected chi connectivity index (χ4v) is 1.18. The third kappa shape index (κ3) is 1.83. The summed E-state index contributed by atoms with van der Waals surface area (Å²) in [7, 11) is 0. The lowest BCUT2D eigenvalue weighted by molar-refractivity contribution is -0.137. The second-order valence-electron chi connectivity index (χ2n) is 2.49. The lowest BCUT2D eigenvalue weighted by Crippen LogP contribution is -2.21. The molecule has 1 fully saturated rings. The minimum atomic E-state index is -0.140. The van der Waals surface area contributed by atoms with Crippen molar-refractivity contribution in [2.45, 2.75) is 31.8 Å². The van der Waals surface area contributed by atoms with Gasteiger partial charge in [-0.3, -0.25) is 9.59 Å². The van der Waals surface area contributed by atoms with E-state index in [1.54, 1.807) is 0 Å². The van der Waals surface area contributed by atoms with Crippen LogP contribution in [0.2, 0.25) is 0 Å². The molecule has 0 heterocycles. The molecular weight excluding hydrogens is 132 g/mol. The Bertz CT molecular complexity index is 142. The highest BCUT2D eigenvalue weighted by atomic mass is 16.5. The van der Waals surface area contributed by atoms with Gasteiger partial charge in [-0.15, -0.1) is 0 Å². The van der Waals surface area contributed by atoms with Gasteiger partial charge in [-0.25, -0.2) is 0 Å². The Balaban J connectivity index is 2.31. The fraction of sp³-hybridized carbons (Fsp3) is 0.714. The molecule has 3 heteroatoms. The van der Waals surface area contributed by atoms with Crippen LogP contribution in [0.3, 0.4) is 0 Å². The maximum atomic E-state index is 10.8. The van der Waals surface area contributed by atoms with Crippen LogP contribution in [0, 0.1) is 0 Å². The van der Waals surface area contributed by atoms with E-state index in [4.69, 9.17) is 0 Å². The SMILES string of the molecule is O=COC1CCCC(=O)C1. The Kier molecular flexibility index (Phi) is 2.42. The van der Waals surface area contributed by atoms with Crippen molar-refractivity contribution in [3.63, 3.8) is 0 Å². The summed E-state index contributed by atoms with van der Waals surface area (Å²) in [5.41, 5.74) is 0. The van der Waals surface area contributed by atoms with Crippen LogP contribution in [0.4, 0.5) is 0 Å². The van der Waals surface area contributed by atoms with Gasteiger partial charge in [0.15, 0.2) is 0 Å². The highest BCUT2D eigenvalue weighted by Crippen LogP contribution is 2.16. The number of ether oxygens (including phenoxy) is 1. The summed E-state index contributed by atoms with van der Waals surface area (Å²) in [5, 5.41) is 0. The average molecular weight is 142 g/mol. The van der Waals surface area contributed by atoms with Gasteiger partial charge in [0.2, 0.25) is 0 Å². The van der Waals surface area contributed by atoms with Gasteiger partial charge in [0, 0.05) is 12.8 Å². The zero-order valence-electron chi connectivity index (χ0n) is 5.71. The Morgan fingerprint density at radius 3 is 3.00 bits per heavy atom. The molecule has 1 aliphatic rings. The van der Waals surface area contributed by atoms with Crippen molar-refractivity contribution in [1.29, 1.82) is 0 Å². The number of Topliss-reactive ketones (excluding diaryl/α,β-unsaturated/α-hetero) is 1. The van der Waals surface area contributed by atoms with Gasteiger partial charge >= 0.3 is 0 Å². The van der Waals surface area contributed by atoms with Crippen molar-refractivity contribution < 1.29 is 14.3 Å². The predicted octanol–water partition coefficient (Wildman–Crippen LogP) is 0.671. The Morgan fingerprint density at radius 1 is 1.60 bits per heavy atom. The molecule has 1 atom stereocenters. The van der Waals surface area contributed by atoms with Crippen LogP contribution in [0.25, 0.3) is 0 Å². The van der Waals surface area contributed by atoms with Crippen LogP contribution < -0.4 is 0 Å². The molecule has 10 heavy (non-hydrogen) atoms. The molecule has 0 N–H and O–H groups in total. The third-order valence-corrected chi connectivity index (χ3v) is 1.69. The minimum Gasteiger partial charge on any atom is -0.464 e. The molecule has 0 bridgehead atoms. The van der Waals surface area contributed by atoms with Crippen molar-refractivity contribution in [2.24, 2.45) is 0 Å². The highest BCUT2D eigenvalue weighted by Gasteiger charge is 2.19. The summed E-state index contributed by atoms with van der Waals surface area (Å²) in [6, 6.07) is 0. The van der Waals surface area contributed by atoms with Gasteiger partial charge < -0.3 is 4.74 Å². The maximum Gasteiger partial charge on any atom is 0.293 e. The minimum absolute atomic E-state index is 0.140. The van der Waals surface area contributed by atoms with E-state index in [9.17, 15) is 9.59 Å². The van der Waals surface area contributed by atoms with Crippen LogP contribution in [-0.2, 0) is 14.3 Å². The van der Waals surface area contributed by atoms with Gasteiger partial charge in [0.05, 0.1) is 0 Å². The molecule has 1 unspecified atom stereocenters. The van der Waals surface area contributed by atoms with Gasteiger partial charge in [-0.1, -0.05) is 0 Å². The first-order chi connectivity index (χ1) is 4.83. The molecule has 56 valence electrons. The Hall–Kier alpha value is -0.860. The van der Waals surface area contributed by atoms with Gasteiger partial charge in [-0.05, 0) is 12.8 Å². The molecule has 0 radical (unpaired) electrons. The number of rotatable bonds is 2. The van der Waals surface area contributed by atoms with Crippen molar-refractivity contribution in [3.05, 3.63) is 0 Å². The standard InChI is InChI=1S/C7H10O3/c8-5-10-7-3-1-2-6(9)4-7/h5,7H,1-4H2. The summed E-state index contributed by atoms with van der Waals surface area (Å²) < 4.78 is 4.65. The molecule has 0 aromatic heterocycles. The Labute approximate surface area is 59.4 Å². The van der Waals surface area contributed by atoms with Crippen LogP contribution in [0.15, 0.2) is 0 Å². The molecule has 0 spiro atoms. The number of hydrogen-bond acceptors (Lipinski definition) is 3. The zero-order chi connectivity index (χ0) is 7.40. The van der Waals surface area contributed by atoms with Crippen molar-refractivity contribution >= 4 is 12.3 Å². The largest absolute Gasteiger partial charge is 0.464 e. The van der Waals surface area contributed by atoms with Gasteiger partial charge in [0.25, 0.3) is 6.47 Å². The number of hydrogen-bond donors (Lipinski definition) is 0. The molecule has 0 aromatic carbocycles. The van der Waals surface area contributed by atoms with E-state index < -0.39 is 0 Å². The first-order valence-electron chi connectivity index (χ1n) is 3.43. The lowest BCUT2D eigenvalue weighted by Gasteiger charge is -2.18. The molecule has 1 rings (SSSR count). The maximum absolute atomic E-state index is 10.8. The summed E-state index contributed by atoms with van der Waals surface area (Å²) >= 11 is 0. The summed E-state index contributed by atoms with van der Waals surface area (Å²) in [6.45, 7) is 0.420. The van der Waals surface area contributed by atoms with Crippen molar-refractivity contribution in [1.82, 2.24) is 0 Å². The number of carbonyl (C=O) groups is 2. The summed E-state index contributed by atoms with van der Waals surface area (Å²) in [4.78, 5) is 20.6. The van der Waals surface area contributed by atoms with E-state index in [1.807, 2.05) is 0 Å². The second-order valence-corrected chi connectivity index (χ2v) is 2.49. The number of ketones is 1. The molecule has 1 aliphatic carbocycles. The van der Waals surface area contributed by atoms with Crippen LogP contribution in [0.5, 0.6) is 0 Å². The summed E-state index contributed by atoms with van der Waals surface area (Å²) in [6.07, 6.45) is 2.62.